The van der Waals surface area contributed by atoms with E-state index in [4.69, 9.17) is 0 Å². The van der Waals surface area contributed by atoms with Crippen molar-refractivity contribution in [3.05, 3.63) is 65.1 Å². The SMILES string of the molecule is Cc1cc(C(=O)N2CCN(Cc3ccccc3)CC2)nc2cc(C(C)(C)C)nn12. The molecule has 1 aromatic carbocycles. The summed E-state index contributed by atoms with van der Waals surface area (Å²) in [5.74, 6) is 0.00784. The summed E-state index contributed by atoms with van der Waals surface area (Å²) in [7, 11) is 0. The minimum absolute atomic E-state index is 0.00784. The van der Waals surface area contributed by atoms with E-state index in [9.17, 15) is 4.79 Å². The van der Waals surface area contributed by atoms with Gasteiger partial charge in [-0.15, -0.1) is 0 Å². The van der Waals surface area contributed by atoms with Gasteiger partial charge in [-0.05, 0) is 18.6 Å². The standard InChI is InChI=1S/C23H29N5O/c1-17-14-19(24-21-15-20(23(2,3)4)25-28(17)21)22(29)27-12-10-26(11-13-27)16-18-8-6-5-7-9-18/h5-9,14-15H,10-13,16H2,1-4H3. The molecule has 1 saturated heterocycles. The second-order valence-corrected chi connectivity index (χ2v) is 8.89. The van der Waals surface area contributed by atoms with E-state index in [1.165, 1.54) is 5.56 Å². The summed E-state index contributed by atoms with van der Waals surface area (Å²) in [5, 5.41) is 4.67. The third-order valence-electron chi connectivity index (χ3n) is 5.50. The largest absolute Gasteiger partial charge is 0.335 e. The number of carbonyl (C=O) groups is 1. The second kappa shape index (κ2) is 7.59. The van der Waals surface area contributed by atoms with Crippen molar-refractivity contribution < 1.29 is 4.79 Å². The Balaban J connectivity index is 1.46. The summed E-state index contributed by atoms with van der Waals surface area (Å²) in [4.78, 5) is 22.0. The van der Waals surface area contributed by atoms with E-state index >= 15 is 0 Å². The molecule has 2 aromatic heterocycles. The van der Waals surface area contributed by atoms with Gasteiger partial charge in [0, 0.05) is 49.9 Å². The molecule has 6 heteroatoms. The molecule has 3 heterocycles. The van der Waals surface area contributed by atoms with Crippen LogP contribution in [0.15, 0.2) is 42.5 Å². The first kappa shape index (κ1) is 19.6. The zero-order valence-corrected chi connectivity index (χ0v) is 17.7. The Morgan fingerprint density at radius 3 is 2.38 bits per heavy atom. The molecule has 0 radical (unpaired) electrons. The maximum absolute atomic E-state index is 13.1. The van der Waals surface area contributed by atoms with Crippen LogP contribution in [0.5, 0.6) is 0 Å². The zero-order chi connectivity index (χ0) is 20.6. The average Bonchev–Trinajstić information content (AvgIpc) is 3.14. The van der Waals surface area contributed by atoms with Crippen molar-refractivity contribution in [2.24, 2.45) is 0 Å². The fourth-order valence-corrected chi connectivity index (χ4v) is 3.71. The molecule has 1 amide bonds. The van der Waals surface area contributed by atoms with Gasteiger partial charge in [0.2, 0.25) is 0 Å². The maximum Gasteiger partial charge on any atom is 0.272 e. The number of aryl methyl sites for hydroxylation is 1. The maximum atomic E-state index is 13.1. The smallest absolute Gasteiger partial charge is 0.272 e. The fraction of sp³-hybridized carbons (Fsp3) is 0.435. The first-order chi connectivity index (χ1) is 13.8. The molecular weight excluding hydrogens is 362 g/mol. The molecule has 3 aromatic rings. The van der Waals surface area contributed by atoms with Crippen LogP contribution in [-0.2, 0) is 12.0 Å². The van der Waals surface area contributed by atoms with Gasteiger partial charge < -0.3 is 4.90 Å². The molecule has 0 bridgehead atoms. The van der Waals surface area contributed by atoms with Crippen LogP contribution in [0.4, 0.5) is 0 Å². The molecule has 0 spiro atoms. The van der Waals surface area contributed by atoms with E-state index in [0.29, 0.717) is 5.69 Å². The summed E-state index contributed by atoms with van der Waals surface area (Å²) < 4.78 is 1.83. The van der Waals surface area contributed by atoms with Crippen molar-refractivity contribution in [3.63, 3.8) is 0 Å². The van der Waals surface area contributed by atoms with Crippen LogP contribution in [0, 0.1) is 6.92 Å². The number of hydrogen-bond donors (Lipinski definition) is 0. The number of benzene rings is 1. The Labute approximate surface area is 172 Å². The summed E-state index contributed by atoms with van der Waals surface area (Å²) >= 11 is 0. The van der Waals surface area contributed by atoms with Gasteiger partial charge in [-0.2, -0.15) is 5.10 Å². The van der Waals surface area contributed by atoms with Crippen molar-refractivity contribution in [2.75, 3.05) is 26.2 Å². The Bertz CT molecular complexity index is 1010. The van der Waals surface area contributed by atoms with Crippen molar-refractivity contribution in [2.45, 2.75) is 39.7 Å². The highest BCUT2D eigenvalue weighted by atomic mass is 16.2. The van der Waals surface area contributed by atoms with Gasteiger partial charge in [-0.3, -0.25) is 9.69 Å². The second-order valence-electron chi connectivity index (χ2n) is 8.89. The molecule has 152 valence electrons. The van der Waals surface area contributed by atoms with Crippen molar-refractivity contribution in [1.82, 2.24) is 24.4 Å². The summed E-state index contributed by atoms with van der Waals surface area (Å²) in [5.41, 5.74) is 4.40. The quantitative estimate of drug-likeness (QED) is 0.687. The van der Waals surface area contributed by atoms with E-state index < -0.39 is 0 Å². The van der Waals surface area contributed by atoms with Gasteiger partial charge >= 0.3 is 0 Å². The summed E-state index contributed by atoms with van der Waals surface area (Å²) in [6, 6.07) is 14.3. The number of fused-ring (bicyclic) bond motifs is 1. The third-order valence-corrected chi connectivity index (χ3v) is 5.50. The highest BCUT2D eigenvalue weighted by molar-refractivity contribution is 5.93. The van der Waals surface area contributed by atoms with Crippen LogP contribution in [0.25, 0.3) is 5.65 Å². The molecular formula is C23H29N5O. The van der Waals surface area contributed by atoms with Crippen molar-refractivity contribution in [3.8, 4) is 0 Å². The van der Waals surface area contributed by atoms with Gasteiger partial charge in [0.1, 0.15) is 5.69 Å². The number of rotatable bonds is 3. The Morgan fingerprint density at radius 1 is 1.03 bits per heavy atom. The molecule has 6 nitrogen and oxygen atoms in total. The summed E-state index contributed by atoms with van der Waals surface area (Å²) in [6.45, 7) is 12.5. The molecule has 0 N–H and O–H groups in total. The number of hydrogen-bond acceptors (Lipinski definition) is 4. The van der Waals surface area contributed by atoms with E-state index in [0.717, 1.165) is 49.8 Å². The van der Waals surface area contributed by atoms with Gasteiger partial charge in [0.05, 0.1) is 5.69 Å². The highest BCUT2D eigenvalue weighted by Gasteiger charge is 2.25. The molecule has 4 rings (SSSR count). The topological polar surface area (TPSA) is 53.7 Å². The lowest BCUT2D eigenvalue weighted by Crippen LogP contribution is -2.48. The van der Waals surface area contributed by atoms with E-state index in [-0.39, 0.29) is 11.3 Å². The lowest BCUT2D eigenvalue weighted by molar-refractivity contribution is 0.0622. The molecule has 0 aliphatic carbocycles. The lowest BCUT2D eigenvalue weighted by atomic mass is 9.93. The molecule has 1 aliphatic heterocycles. The first-order valence-electron chi connectivity index (χ1n) is 10.2. The van der Waals surface area contributed by atoms with Crippen LogP contribution in [0.2, 0.25) is 0 Å². The Kier molecular flexibility index (Phi) is 5.13. The first-order valence-corrected chi connectivity index (χ1v) is 10.2. The molecule has 1 aliphatic rings. The van der Waals surface area contributed by atoms with Crippen LogP contribution < -0.4 is 0 Å². The molecule has 0 atom stereocenters. The number of aromatic nitrogens is 3. The van der Waals surface area contributed by atoms with Crippen LogP contribution in [-0.4, -0.2) is 56.5 Å². The number of piperazine rings is 1. The van der Waals surface area contributed by atoms with Crippen molar-refractivity contribution >= 4 is 11.6 Å². The van der Waals surface area contributed by atoms with Gasteiger partial charge in [-0.25, -0.2) is 9.50 Å². The highest BCUT2D eigenvalue weighted by Crippen LogP contribution is 2.22. The molecule has 0 saturated carbocycles. The molecule has 29 heavy (non-hydrogen) atoms. The van der Waals surface area contributed by atoms with Crippen LogP contribution in [0.1, 0.15) is 48.2 Å². The number of carbonyl (C=O) groups excluding carboxylic acids is 1. The van der Waals surface area contributed by atoms with Crippen LogP contribution in [0.3, 0.4) is 0 Å². The predicted molar refractivity (Wildman–Crippen MR) is 114 cm³/mol. The average molecular weight is 392 g/mol. The predicted octanol–water partition coefficient (Wildman–Crippen LogP) is 3.29. The third kappa shape index (κ3) is 4.17. The Morgan fingerprint density at radius 2 is 1.72 bits per heavy atom. The van der Waals surface area contributed by atoms with E-state index in [2.05, 4.69) is 60.0 Å². The minimum Gasteiger partial charge on any atom is -0.335 e. The normalized spacial score (nSPS) is 15.8. The Hall–Kier alpha value is -2.73. The zero-order valence-electron chi connectivity index (χ0n) is 17.7. The molecule has 1 fully saturated rings. The monoisotopic (exact) mass is 391 g/mol. The van der Waals surface area contributed by atoms with Gasteiger partial charge in [0.25, 0.3) is 5.91 Å². The van der Waals surface area contributed by atoms with E-state index in [1.54, 1.807) is 0 Å². The fourth-order valence-electron chi connectivity index (χ4n) is 3.71. The number of amides is 1. The lowest BCUT2D eigenvalue weighted by Gasteiger charge is -2.34. The van der Waals surface area contributed by atoms with E-state index in [1.807, 2.05) is 34.5 Å². The van der Waals surface area contributed by atoms with Gasteiger partial charge in [0.15, 0.2) is 5.65 Å². The number of nitrogens with zero attached hydrogens (tertiary/aromatic N) is 5. The summed E-state index contributed by atoms with van der Waals surface area (Å²) in [6.07, 6.45) is 0. The minimum atomic E-state index is -0.0562. The van der Waals surface area contributed by atoms with Crippen molar-refractivity contribution in [1.29, 1.82) is 0 Å². The molecule has 0 unspecified atom stereocenters. The van der Waals surface area contributed by atoms with Gasteiger partial charge in [-0.1, -0.05) is 51.1 Å². The van der Waals surface area contributed by atoms with Crippen LogP contribution >= 0.6 is 0 Å².